The SMILES string of the molecule is CCCC(O)CNC(=O)c1cc2c(F)cccc2s1. The molecule has 0 spiro atoms. The molecule has 1 atom stereocenters. The predicted octanol–water partition coefficient (Wildman–Crippen LogP) is 2.93. The lowest BCUT2D eigenvalue weighted by Crippen LogP contribution is -2.31. The lowest BCUT2D eigenvalue weighted by Gasteiger charge is -2.09. The van der Waals surface area contributed by atoms with E-state index in [1.807, 2.05) is 6.92 Å². The normalized spacial score (nSPS) is 12.6. The van der Waals surface area contributed by atoms with Crippen molar-refractivity contribution in [3.05, 3.63) is 35.0 Å². The van der Waals surface area contributed by atoms with E-state index in [4.69, 9.17) is 0 Å². The van der Waals surface area contributed by atoms with Crippen molar-refractivity contribution in [3.8, 4) is 0 Å². The molecular weight excluding hydrogens is 265 g/mol. The van der Waals surface area contributed by atoms with E-state index < -0.39 is 6.10 Å². The van der Waals surface area contributed by atoms with Gasteiger partial charge in [0, 0.05) is 16.6 Å². The van der Waals surface area contributed by atoms with Crippen LogP contribution in [-0.2, 0) is 0 Å². The third-order valence-electron chi connectivity index (χ3n) is 2.85. The second-order valence-electron chi connectivity index (χ2n) is 4.41. The van der Waals surface area contributed by atoms with Crippen LogP contribution >= 0.6 is 11.3 Å². The van der Waals surface area contributed by atoms with Gasteiger partial charge in [0.25, 0.3) is 5.91 Å². The number of rotatable bonds is 5. The third kappa shape index (κ3) is 3.30. The Morgan fingerprint density at radius 3 is 3.00 bits per heavy atom. The molecule has 0 saturated heterocycles. The monoisotopic (exact) mass is 281 g/mol. The van der Waals surface area contributed by atoms with Crippen LogP contribution in [0.2, 0.25) is 0 Å². The minimum absolute atomic E-state index is 0.226. The molecule has 102 valence electrons. The maximum Gasteiger partial charge on any atom is 0.261 e. The Balaban J connectivity index is 2.07. The predicted molar refractivity (Wildman–Crippen MR) is 75.0 cm³/mol. The number of halogens is 1. The fraction of sp³-hybridized carbons (Fsp3) is 0.357. The summed E-state index contributed by atoms with van der Waals surface area (Å²) in [4.78, 5) is 12.4. The van der Waals surface area contributed by atoms with Crippen LogP contribution in [-0.4, -0.2) is 23.7 Å². The molecule has 0 aliphatic heterocycles. The van der Waals surface area contributed by atoms with Crippen molar-refractivity contribution in [1.82, 2.24) is 5.32 Å². The van der Waals surface area contributed by atoms with Gasteiger partial charge in [-0.3, -0.25) is 4.79 Å². The summed E-state index contributed by atoms with van der Waals surface area (Å²) in [7, 11) is 0. The largest absolute Gasteiger partial charge is 0.391 e. The van der Waals surface area contributed by atoms with Gasteiger partial charge < -0.3 is 10.4 Å². The van der Waals surface area contributed by atoms with Gasteiger partial charge in [-0.05, 0) is 24.6 Å². The number of hydrogen-bond acceptors (Lipinski definition) is 3. The van der Waals surface area contributed by atoms with Gasteiger partial charge in [-0.1, -0.05) is 19.4 Å². The van der Waals surface area contributed by atoms with E-state index in [2.05, 4.69) is 5.32 Å². The Kier molecular flexibility index (Phi) is 4.50. The van der Waals surface area contributed by atoms with E-state index in [1.165, 1.54) is 17.4 Å². The number of fused-ring (bicyclic) bond motifs is 1. The van der Waals surface area contributed by atoms with Crippen LogP contribution in [0.3, 0.4) is 0 Å². The summed E-state index contributed by atoms with van der Waals surface area (Å²) in [5.74, 6) is -0.588. The van der Waals surface area contributed by atoms with Crippen molar-refractivity contribution < 1.29 is 14.3 Å². The molecule has 1 heterocycles. The van der Waals surface area contributed by atoms with E-state index in [-0.39, 0.29) is 18.3 Å². The summed E-state index contributed by atoms with van der Waals surface area (Å²) in [6.07, 6.45) is 0.993. The summed E-state index contributed by atoms with van der Waals surface area (Å²) in [5.41, 5.74) is 0. The highest BCUT2D eigenvalue weighted by molar-refractivity contribution is 7.20. The average Bonchev–Trinajstić information content (AvgIpc) is 2.82. The smallest absolute Gasteiger partial charge is 0.261 e. The summed E-state index contributed by atoms with van der Waals surface area (Å²) in [6, 6.07) is 6.34. The molecule has 1 unspecified atom stereocenters. The van der Waals surface area contributed by atoms with Gasteiger partial charge in [0.15, 0.2) is 0 Å². The molecule has 19 heavy (non-hydrogen) atoms. The lowest BCUT2D eigenvalue weighted by molar-refractivity contribution is 0.0914. The Bertz CT molecular complexity index is 582. The molecule has 0 radical (unpaired) electrons. The Morgan fingerprint density at radius 2 is 2.32 bits per heavy atom. The first kappa shape index (κ1) is 14.0. The molecule has 2 aromatic rings. The second-order valence-corrected chi connectivity index (χ2v) is 5.50. The fourth-order valence-corrected chi connectivity index (χ4v) is 2.86. The molecule has 1 amide bonds. The van der Waals surface area contributed by atoms with Crippen LogP contribution in [0.1, 0.15) is 29.4 Å². The van der Waals surface area contributed by atoms with Crippen molar-refractivity contribution in [2.45, 2.75) is 25.9 Å². The van der Waals surface area contributed by atoms with Crippen molar-refractivity contribution >= 4 is 27.3 Å². The quantitative estimate of drug-likeness (QED) is 0.885. The first-order valence-electron chi connectivity index (χ1n) is 6.26. The molecule has 0 aliphatic carbocycles. The van der Waals surface area contributed by atoms with Crippen LogP contribution in [0.5, 0.6) is 0 Å². The molecule has 0 aliphatic rings. The van der Waals surface area contributed by atoms with Crippen molar-refractivity contribution in [2.75, 3.05) is 6.54 Å². The number of aliphatic hydroxyl groups excluding tert-OH is 1. The summed E-state index contributed by atoms with van der Waals surface area (Å²) in [5, 5.41) is 12.7. The van der Waals surface area contributed by atoms with Gasteiger partial charge in [-0.2, -0.15) is 0 Å². The van der Waals surface area contributed by atoms with Gasteiger partial charge in [-0.25, -0.2) is 4.39 Å². The van der Waals surface area contributed by atoms with Crippen LogP contribution in [0.15, 0.2) is 24.3 Å². The third-order valence-corrected chi connectivity index (χ3v) is 3.95. The molecule has 1 aromatic heterocycles. The van der Waals surface area contributed by atoms with E-state index >= 15 is 0 Å². The number of carbonyl (C=O) groups excluding carboxylic acids is 1. The van der Waals surface area contributed by atoms with E-state index in [0.29, 0.717) is 16.7 Å². The molecule has 5 heteroatoms. The minimum atomic E-state index is -0.528. The zero-order valence-electron chi connectivity index (χ0n) is 10.6. The first-order chi connectivity index (χ1) is 9.11. The maximum absolute atomic E-state index is 13.5. The van der Waals surface area contributed by atoms with Crippen molar-refractivity contribution in [1.29, 1.82) is 0 Å². The van der Waals surface area contributed by atoms with Gasteiger partial charge in [-0.15, -0.1) is 11.3 Å². The van der Waals surface area contributed by atoms with Gasteiger partial charge in [0.2, 0.25) is 0 Å². The Hall–Kier alpha value is -1.46. The van der Waals surface area contributed by atoms with Crippen LogP contribution in [0.25, 0.3) is 10.1 Å². The molecule has 0 saturated carbocycles. The number of amides is 1. The van der Waals surface area contributed by atoms with Crippen LogP contribution < -0.4 is 5.32 Å². The number of thiophene rings is 1. The molecule has 3 nitrogen and oxygen atoms in total. The van der Waals surface area contributed by atoms with Crippen molar-refractivity contribution in [3.63, 3.8) is 0 Å². The van der Waals surface area contributed by atoms with E-state index in [1.54, 1.807) is 18.2 Å². The summed E-state index contributed by atoms with van der Waals surface area (Å²) in [6.45, 7) is 2.20. The average molecular weight is 281 g/mol. The van der Waals surface area contributed by atoms with Gasteiger partial charge >= 0.3 is 0 Å². The fourth-order valence-electron chi connectivity index (χ4n) is 1.87. The number of carbonyl (C=O) groups is 1. The zero-order valence-corrected chi connectivity index (χ0v) is 11.5. The minimum Gasteiger partial charge on any atom is -0.391 e. The molecule has 0 fully saturated rings. The number of benzene rings is 1. The molecule has 2 rings (SSSR count). The summed E-state index contributed by atoms with van der Waals surface area (Å²) >= 11 is 1.25. The van der Waals surface area contributed by atoms with E-state index in [9.17, 15) is 14.3 Å². The highest BCUT2D eigenvalue weighted by atomic mass is 32.1. The lowest BCUT2D eigenvalue weighted by atomic mass is 10.2. The summed E-state index contributed by atoms with van der Waals surface area (Å²) < 4.78 is 14.3. The first-order valence-corrected chi connectivity index (χ1v) is 7.07. The topological polar surface area (TPSA) is 49.3 Å². The standard InChI is InChI=1S/C14H16FNO2S/c1-2-4-9(17)8-16-14(18)13-7-10-11(15)5-3-6-12(10)19-13/h3,5-7,9,17H,2,4,8H2,1H3,(H,16,18). The number of aliphatic hydroxyl groups is 1. The second kappa shape index (κ2) is 6.12. The highest BCUT2D eigenvalue weighted by Crippen LogP contribution is 2.27. The Labute approximate surface area is 115 Å². The Morgan fingerprint density at radius 1 is 1.53 bits per heavy atom. The van der Waals surface area contributed by atoms with Gasteiger partial charge in [0.05, 0.1) is 11.0 Å². The number of hydrogen-bond donors (Lipinski definition) is 2. The number of nitrogens with one attached hydrogen (secondary N) is 1. The van der Waals surface area contributed by atoms with Crippen molar-refractivity contribution in [2.24, 2.45) is 0 Å². The van der Waals surface area contributed by atoms with Crippen LogP contribution in [0, 0.1) is 5.82 Å². The highest BCUT2D eigenvalue weighted by Gasteiger charge is 2.13. The molecule has 2 N–H and O–H groups in total. The molecule has 0 bridgehead atoms. The zero-order chi connectivity index (χ0) is 13.8. The maximum atomic E-state index is 13.5. The van der Waals surface area contributed by atoms with Crippen LogP contribution in [0.4, 0.5) is 4.39 Å². The van der Waals surface area contributed by atoms with Gasteiger partial charge in [0.1, 0.15) is 5.82 Å². The molecular formula is C14H16FNO2S. The van der Waals surface area contributed by atoms with E-state index in [0.717, 1.165) is 11.1 Å². The molecule has 1 aromatic carbocycles.